The zero-order chi connectivity index (χ0) is 12.4. The van der Waals surface area contributed by atoms with E-state index in [0.717, 1.165) is 15.7 Å². The highest BCUT2D eigenvalue weighted by Gasteiger charge is 2.09. The number of carbonyl (C=O) groups excluding carboxylic acids is 1. The van der Waals surface area contributed by atoms with E-state index in [-0.39, 0.29) is 0 Å². The Morgan fingerprint density at radius 2 is 2.06 bits per heavy atom. The van der Waals surface area contributed by atoms with Gasteiger partial charge in [0.05, 0.1) is 0 Å². The molecule has 6 heteroatoms. The molecule has 0 radical (unpaired) electrons. The maximum absolute atomic E-state index is 11.0. The number of thiazole rings is 1. The van der Waals surface area contributed by atoms with Crippen LogP contribution >= 0.6 is 39.5 Å². The number of carbonyl (C=O) groups is 1. The molecule has 0 atom stereocenters. The molecule has 2 rings (SSSR count). The van der Waals surface area contributed by atoms with Crippen LogP contribution in [0.3, 0.4) is 0 Å². The maximum Gasteiger partial charge on any atom is 0.329 e. The highest BCUT2D eigenvalue weighted by molar-refractivity contribution is 9.10. The second-order valence-electron chi connectivity index (χ2n) is 3.27. The fourth-order valence-electron chi connectivity index (χ4n) is 1.32. The van der Waals surface area contributed by atoms with E-state index < -0.39 is 5.97 Å². The fraction of sp³-hybridized carbons (Fsp3) is 0.0909. The van der Waals surface area contributed by atoms with Crippen molar-refractivity contribution >= 4 is 45.5 Å². The molecule has 2 aromatic rings. The van der Waals surface area contributed by atoms with Gasteiger partial charge in [-0.25, -0.2) is 4.79 Å². The molecule has 3 nitrogen and oxygen atoms in total. The van der Waals surface area contributed by atoms with Crippen LogP contribution in [-0.2, 0) is 4.79 Å². The van der Waals surface area contributed by atoms with Gasteiger partial charge in [0.15, 0.2) is 3.95 Å². The van der Waals surface area contributed by atoms with E-state index in [1.807, 2.05) is 29.6 Å². The van der Waals surface area contributed by atoms with Gasteiger partial charge in [0.2, 0.25) is 0 Å². The van der Waals surface area contributed by atoms with Gasteiger partial charge >= 0.3 is 5.97 Å². The number of halogens is 1. The summed E-state index contributed by atoms with van der Waals surface area (Å²) in [5.41, 5.74) is 1.73. The number of nitrogens with zero attached hydrogens (tertiary/aromatic N) is 1. The molecule has 0 saturated heterocycles. The molecule has 0 saturated carbocycles. The summed E-state index contributed by atoms with van der Waals surface area (Å²) in [6.45, 7) is 1.35. The molecule has 17 heavy (non-hydrogen) atoms. The first-order valence-corrected chi connectivity index (χ1v) is 6.81. The summed E-state index contributed by atoms with van der Waals surface area (Å²) >= 11 is 9.84. The van der Waals surface area contributed by atoms with Crippen LogP contribution in [0.25, 0.3) is 11.3 Å². The van der Waals surface area contributed by atoms with Gasteiger partial charge in [-0.1, -0.05) is 28.1 Å². The number of hydrogen-bond acceptors (Lipinski definition) is 4. The predicted octanol–water partition coefficient (Wildman–Crippen LogP) is 3.68. The van der Waals surface area contributed by atoms with Crippen LogP contribution < -0.4 is 4.84 Å². The molecule has 0 fully saturated rings. The lowest BCUT2D eigenvalue weighted by molar-refractivity contribution is -0.141. The number of rotatable bonds is 2. The average molecular weight is 330 g/mol. The molecule has 0 amide bonds. The van der Waals surface area contributed by atoms with Gasteiger partial charge < -0.3 is 4.84 Å². The van der Waals surface area contributed by atoms with Crippen molar-refractivity contribution in [2.45, 2.75) is 6.92 Å². The molecule has 0 aliphatic heterocycles. The Bertz CT molecular complexity index is 601. The summed E-state index contributed by atoms with van der Waals surface area (Å²) < 4.78 is 2.89. The first-order valence-electron chi connectivity index (χ1n) is 4.73. The topological polar surface area (TPSA) is 31.2 Å². The first-order chi connectivity index (χ1) is 8.08. The monoisotopic (exact) mass is 329 g/mol. The molecule has 0 N–H and O–H groups in total. The van der Waals surface area contributed by atoms with Crippen LogP contribution in [-0.4, -0.2) is 10.7 Å². The molecule has 0 bridgehead atoms. The lowest BCUT2D eigenvalue weighted by Crippen LogP contribution is -2.17. The van der Waals surface area contributed by atoms with E-state index >= 15 is 0 Å². The van der Waals surface area contributed by atoms with Crippen molar-refractivity contribution in [2.75, 3.05) is 0 Å². The Kier molecular flexibility index (Phi) is 3.76. The summed E-state index contributed by atoms with van der Waals surface area (Å²) in [5, 5.41) is 1.87. The maximum atomic E-state index is 11.0. The van der Waals surface area contributed by atoms with E-state index in [2.05, 4.69) is 15.9 Å². The minimum atomic E-state index is -0.391. The quantitative estimate of drug-likeness (QED) is 0.787. The summed E-state index contributed by atoms with van der Waals surface area (Å²) in [5.74, 6) is -0.391. The molecule has 1 heterocycles. The van der Waals surface area contributed by atoms with Crippen molar-refractivity contribution in [3.63, 3.8) is 0 Å². The van der Waals surface area contributed by atoms with Gasteiger partial charge in [-0.3, -0.25) is 0 Å². The molecular formula is C11H8BrNO2S2. The number of benzene rings is 1. The highest BCUT2D eigenvalue weighted by Crippen LogP contribution is 2.24. The molecule has 0 aliphatic carbocycles. The van der Waals surface area contributed by atoms with E-state index in [4.69, 9.17) is 17.1 Å². The lowest BCUT2D eigenvalue weighted by Gasteiger charge is -2.06. The summed E-state index contributed by atoms with van der Waals surface area (Å²) in [6.07, 6.45) is 0. The SMILES string of the molecule is CC(=O)On1c(-c2ccc(Br)cc2)csc1=S. The van der Waals surface area contributed by atoms with E-state index in [1.54, 1.807) is 0 Å². The largest absolute Gasteiger partial charge is 0.335 e. The number of hydrogen-bond donors (Lipinski definition) is 0. The van der Waals surface area contributed by atoms with Crippen molar-refractivity contribution in [1.29, 1.82) is 0 Å². The summed E-state index contributed by atoms with van der Waals surface area (Å²) in [6, 6.07) is 7.71. The van der Waals surface area contributed by atoms with Gasteiger partial charge in [0.25, 0.3) is 0 Å². The predicted molar refractivity (Wildman–Crippen MR) is 73.5 cm³/mol. The van der Waals surface area contributed by atoms with Crippen LogP contribution in [0.5, 0.6) is 0 Å². The Morgan fingerprint density at radius 1 is 1.41 bits per heavy atom. The minimum absolute atomic E-state index is 0.391. The van der Waals surface area contributed by atoms with Gasteiger partial charge in [-0.15, -0.1) is 11.3 Å². The Labute approximate surface area is 116 Å². The zero-order valence-corrected chi connectivity index (χ0v) is 12.1. The molecule has 1 aromatic carbocycles. The molecular weight excluding hydrogens is 322 g/mol. The molecule has 1 aromatic heterocycles. The third-order valence-electron chi connectivity index (χ3n) is 2.02. The van der Waals surface area contributed by atoms with Gasteiger partial charge in [0.1, 0.15) is 5.69 Å². The summed E-state index contributed by atoms with van der Waals surface area (Å²) in [4.78, 5) is 16.1. The van der Waals surface area contributed by atoms with Gasteiger partial charge in [-0.05, 0) is 24.4 Å². The Balaban J connectivity index is 2.48. The molecule has 0 unspecified atom stereocenters. The fourth-order valence-corrected chi connectivity index (χ4v) is 2.54. The van der Waals surface area contributed by atoms with Crippen molar-refractivity contribution < 1.29 is 9.63 Å². The van der Waals surface area contributed by atoms with Crippen LogP contribution in [0.15, 0.2) is 34.1 Å². The second-order valence-corrected chi connectivity index (χ2v) is 5.69. The van der Waals surface area contributed by atoms with Crippen molar-refractivity contribution in [1.82, 2.24) is 4.73 Å². The lowest BCUT2D eigenvalue weighted by atomic mass is 10.2. The van der Waals surface area contributed by atoms with Gasteiger partial charge in [0, 0.05) is 22.3 Å². The Hall–Kier alpha value is -0.980. The van der Waals surface area contributed by atoms with Crippen LogP contribution in [0.4, 0.5) is 0 Å². The van der Waals surface area contributed by atoms with Crippen molar-refractivity contribution in [2.24, 2.45) is 0 Å². The minimum Gasteiger partial charge on any atom is -0.335 e. The van der Waals surface area contributed by atoms with Crippen LogP contribution in [0, 0.1) is 3.95 Å². The van der Waals surface area contributed by atoms with Crippen molar-refractivity contribution in [3.8, 4) is 11.3 Å². The third-order valence-corrected chi connectivity index (χ3v) is 3.71. The highest BCUT2D eigenvalue weighted by atomic mass is 79.9. The van der Waals surface area contributed by atoms with E-state index in [1.165, 1.54) is 23.0 Å². The second kappa shape index (κ2) is 5.12. The van der Waals surface area contributed by atoms with E-state index in [0.29, 0.717) is 3.95 Å². The van der Waals surface area contributed by atoms with Crippen LogP contribution in [0.1, 0.15) is 6.92 Å². The molecule has 0 spiro atoms. The zero-order valence-electron chi connectivity index (χ0n) is 8.84. The standard InChI is InChI=1S/C11H8BrNO2S2/c1-7(14)15-13-10(6-17-11(13)16)8-2-4-9(12)5-3-8/h2-6H,1H3. The Morgan fingerprint density at radius 3 is 2.65 bits per heavy atom. The average Bonchev–Trinajstić information content (AvgIpc) is 2.61. The van der Waals surface area contributed by atoms with Crippen molar-refractivity contribution in [3.05, 3.63) is 38.1 Å². The van der Waals surface area contributed by atoms with Gasteiger partial charge in [-0.2, -0.15) is 4.73 Å². The molecule has 0 aliphatic rings. The smallest absolute Gasteiger partial charge is 0.329 e. The van der Waals surface area contributed by atoms with E-state index in [9.17, 15) is 4.79 Å². The third kappa shape index (κ3) is 2.83. The molecule has 88 valence electrons. The summed E-state index contributed by atoms with van der Waals surface area (Å²) in [7, 11) is 0. The van der Waals surface area contributed by atoms with Crippen LogP contribution in [0.2, 0.25) is 0 Å². The normalized spacial score (nSPS) is 10.2. The first kappa shape index (κ1) is 12.5. The number of aromatic nitrogens is 1.